The van der Waals surface area contributed by atoms with Crippen LogP contribution in [0.15, 0.2) is 18.2 Å². The largest absolute Gasteiger partial charge is 0.490 e. The molecule has 0 aliphatic rings. The molecule has 0 aliphatic heterocycles. The number of rotatable bonds is 6. The molecule has 0 bridgehead atoms. The Hall–Kier alpha value is -2.08. The molecule has 0 amide bonds. The molecule has 1 atom stereocenters. The zero-order chi connectivity index (χ0) is 15.1. The molecule has 0 saturated carbocycles. The number of nitrogens with two attached hydrogens (primary N) is 1. The van der Waals surface area contributed by atoms with E-state index in [2.05, 4.69) is 4.74 Å². The van der Waals surface area contributed by atoms with E-state index in [9.17, 15) is 9.59 Å². The van der Waals surface area contributed by atoms with Gasteiger partial charge in [0.25, 0.3) is 0 Å². The summed E-state index contributed by atoms with van der Waals surface area (Å²) in [5, 5.41) is 0. The maximum atomic E-state index is 11.3. The molecule has 6 heteroatoms. The standard InChI is InChI=1S/C14H19NO5/c1-4-19-13-8-10(7-11(15)14(17)18-3)5-6-12(13)20-9(2)16/h5-6,8,11H,4,7,15H2,1-3H3. The lowest BCUT2D eigenvalue weighted by atomic mass is 10.1. The molecule has 0 fully saturated rings. The SMILES string of the molecule is CCOc1cc(CC(N)C(=O)OC)ccc1OC(C)=O. The Morgan fingerprint density at radius 2 is 2.00 bits per heavy atom. The number of carbonyl (C=O) groups excluding carboxylic acids is 2. The Morgan fingerprint density at radius 1 is 1.30 bits per heavy atom. The Balaban J connectivity index is 2.91. The molecule has 1 unspecified atom stereocenters. The number of esters is 2. The number of carbonyl (C=O) groups is 2. The molecule has 0 saturated heterocycles. The van der Waals surface area contributed by atoms with Gasteiger partial charge in [0.1, 0.15) is 6.04 Å². The fourth-order valence-corrected chi connectivity index (χ4v) is 1.68. The third-order valence-corrected chi connectivity index (χ3v) is 2.52. The lowest BCUT2D eigenvalue weighted by Gasteiger charge is -2.13. The Labute approximate surface area is 117 Å². The van der Waals surface area contributed by atoms with Crippen LogP contribution < -0.4 is 15.2 Å². The number of hydrogen-bond acceptors (Lipinski definition) is 6. The van der Waals surface area contributed by atoms with E-state index in [0.717, 1.165) is 5.56 Å². The van der Waals surface area contributed by atoms with E-state index in [1.54, 1.807) is 18.2 Å². The first-order valence-corrected chi connectivity index (χ1v) is 6.25. The number of hydrogen-bond donors (Lipinski definition) is 1. The van der Waals surface area contributed by atoms with Crippen molar-refractivity contribution in [1.29, 1.82) is 0 Å². The van der Waals surface area contributed by atoms with Crippen LogP contribution in [0.2, 0.25) is 0 Å². The highest BCUT2D eigenvalue weighted by molar-refractivity contribution is 5.75. The van der Waals surface area contributed by atoms with Gasteiger partial charge in [0.2, 0.25) is 0 Å². The molecule has 1 aromatic rings. The smallest absolute Gasteiger partial charge is 0.322 e. The van der Waals surface area contributed by atoms with Gasteiger partial charge in [0.05, 0.1) is 13.7 Å². The minimum atomic E-state index is -0.742. The van der Waals surface area contributed by atoms with Crippen LogP contribution in [0.1, 0.15) is 19.4 Å². The molecule has 0 radical (unpaired) electrons. The van der Waals surface area contributed by atoms with Gasteiger partial charge in [-0.25, -0.2) is 0 Å². The van der Waals surface area contributed by atoms with Crippen LogP contribution in [0.5, 0.6) is 11.5 Å². The predicted molar refractivity (Wildman–Crippen MR) is 72.6 cm³/mol. The Kier molecular flexibility index (Phi) is 5.99. The summed E-state index contributed by atoms with van der Waals surface area (Å²) in [7, 11) is 1.29. The predicted octanol–water partition coefficient (Wildman–Crippen LogP) is 1.05. The van der Waals surface area contributed by atoms with Crippen molar-refractivity contribution in [2.75, 3.05) is 13.7 Å². The average Bonchev–Trinajstić information content (AvgIpc) is 2.40. The first-order chi connectivity index (χ1) is 9.47. The summed E-state index contributed by atoms with van der Waals surface area (Å²) in [5.74, 6) is -0.121. The third kappa shape index (κ3) is 4.55. The van der Waals surface area contributed by atoms with Crippen molar-refractivity contribution < 1.29 is 23.8 Å². The van der Waals surface area contributed by atoms with Gasteiger partial charge in [0.15, 0.2) is 11.5 Å². The normalized spacial score (nSPS) is 11.6. The minimum absolute atomic E-state index is 0.313. The monoisotopic (exact) mass is 281 g/mol. The first kappa shape index (κ1) is 16.0. The maximum Gasteiger partial charge on any atom is 0.322 e. The van der Waals surface area contributed by atoms with E-state index < -0.39 is 18.0 Å². The lowest BCUT2D eigenvalue weighted by Crippen LogP contribution is -2.33. The molecule has 0 aromatic heterocycles. The second-order valence-corrected chi connectivity index (χ2v) is 4.14. The van der Waals surface area contributed by atoms with Gasteiger partial charge in [-0.3, -0.25) is 9.59 Å². The van der Waals surface area contributed by atoms with Crippen LogP contribution in [-0.4, -0.2) is 31.7 Å². The van der Waals surface area contributed by atoms with Crippen LogP contribution in [0.3, 0.4) is 0 Å². The van der Waals surface area contributed by atoms with Crippen molar-refractivity contribution in [1.82, 2.24) is 0 Å². The second-order valence-electron chi connectivity index (χ2n) is 4.14. The summed E-state index contributed by atoms with van der Waals surface area (Å²) in [4.78, 5) is 22.3. The van der Waals surface area contributed by atoms with Gasteiger partial charge in [-0.15, -0.1) is 0 Å². The van der Waals surface area contributed by atoms with Crippen molar-refractivity contribution in [3.05, 3.63) is 23.8 Å². The molecule has 6 nitrogen and oxygen atoms in total. The molecule has 2 N–H and O–H groups in total. The van der Waals surface area contributed by atoms with E-state index in [-0.39, 0.29) is 0 Å². The fourth-order valence-electron chi connectivity index (χ4n) is 1.68. The molecule has 0 aliphatic carbocycles. The van der Waals surface area contributed by atoms with Crippen molar-refractivity contribution >= 4 is 11.9 Å². The molecule has 1 rings (SSSR count). The minimum Gasteiger partial charge on any atom is -0.490 e. The highest BCUT2D eigenvalue weighted by Gasteiger charge is 2.16. The zero-order valence-electron chi connectivity index (χ0n) is 11.8. The van der Waals surface area contributed by atoms with Crippen molar-refractivity contribution in [3.8, 4) is 11.5 Å². The lowest BCUT2D eigenvalue weighted by molar-refractivity contribution is -0.142. The third-order valence-electron chi connectivity index (χ3n) is 2.52. The van der Waals surface area contributed by atoms with E-state index in [1.807, 2.05) is 6.92 Å². The van der Waals surface area contributed by atoms with Crippen molar-refractivity contribution in [3.63, 3.8) is 0 Å². The van der Waals surface area contributed by atoms with Crippen LogP contribution in [0, 0.1) is 0 Å². The molecule has 20 heavy (non-hydrogen) atoms. The van der Waals surface area contributed by atoms with E-state index in [1.165, 1.54) is 14.0 Å². The first-order valence-electron chi connectivity index (χ1n) is 6.25. The average molecular weight is 281 g/mol. The van der Waals surface area contributed by atoms with E-state index >= 15 is 0 Å². The molecule has 0 spiro atoms. The summed E-state index contributed by atoms with van der Waals surface area (Å²) < 4.78 is 15.0. The Bertz CT molecular complexity index is 486. The second kappa shape index (κ2) is 7.49. The summed E-state index contributed by atoms with van der Waals surface area (Å²) in [6.45, 7) is 3.57. The number of ether oxygens (including phenoxy) is 3. The van der Waals surface area contributed by atoms with Crippen LogP contribution in [0.25, 0.3) is 0 Å². The van der Waals surface area contributed by atoms with Gasteiger partial charge in [-0.2, -0.15) is 0 Å². The van der Waals surface area contributed by atoms with Gasteiger partial charge < -0.3 is 19.9 Å². The van der Waals surface area contributed by atoms with Crippen LogP contribution >= 0.6 is 0 Å². The molecule has 0 heterocycles. The van der Waals surface area contributed by atoms with Crippen LogP contribution in [0.4, 0.5) is 0 Å². The van der Waals surface area contributed by atoms with E-state index in [4.69, 9.17) is 15.2 Å². The number of methoxy groups -OCH3 is 1. The molecular weight excluding hydrogens is 262 g/mol. The Morgan fingerprint density at radius 3 is 2.55 bits per heavy atom. The van der Waals surface area contributed by atoms with Gasteiger partial charge in [0, 0.05) is 6.92 Å². The van der Waals surface area contributed by atoms with Gasteiger partial charge in [-0.1, -0.05) is 6.07 Å². The quantitative estimate of drug-likeness (QED) is 0.619. The molecule has 1 aromatic carbocycles. The topological polar surface area (TPSA) is 87.8 Å². The maximum absolute atomic E-state index is 11.3. The summed E-state index contributed by atoms with van der Waals surface area (Å²) in [5.41, 5.74) is 6.50. The summed E-state index contributed by atoms with van der Waals surface area (Å²) >= 11 is 0. The molecular formula is C14H19NO5. The fraction of sp³-hybridized carbons (Fsp3) is 0.429. The summed E-state index contributed by atoms with van der Waals surface area (Å²) in [6.07, 6.45) is 0.313. The van der Waals surface area contributed by atoms with Gasteiger partial charge in [-0.05, 0) is 31.0 Å². The van der Waals surface area contributed by atoms with Crippen LogP contribution in [-0.2, 0) is 20.7 Å². The van der Waals surface area contributed by atoms with Crippen molar-refractivity contribution in [2.24, 2.45) is 5.73 Å². The van der Waals surface area contributed by atoms with Gasteiger partial charge >= 0.3 is 11.9 Å². The highest BCUT2D eigenvalue weighted by Crippen LogP contribution is 2.29. The highest BCUT2D eigenvalue weighted by atomic mass is 16.6. The zero-order valence-corrected chi connectivity index (χ0v) is 11.8. The van der Waals surface area contributed by atoms with Crippen molar-refractivity contribution in [2.45, 2.75) is 26.3 Å². The molecule has 110 valence electrons. The number of benzene rings is 1. The summed E-state index contributed by atoms with van der Waals surface area (Å²) in [6, 6.07) is 4.30. The van der Waals surface area contributed by atoms with E-state index in [0.29, 0.717) is 24.5 Å².